The molecule has 0 aliphatic carbocycles. The highest BCUT2D eigenvalue weighted by Crippen LogP contribution is 2.21. The Balaban J connectivity index is 1.57. The van der Waals surface area contributed by atoms with Crippen molar-refractivity contribution in [1.82, 2.24) is 0 Å². The standard InChI is InChI=1S/C13H25NO2/c14-11(6-7-12-5-3-9-15-12)10-13-4-1-2-8-16-13/h11-13H,1-10,14H2. The molecule has 0 amide bonds. The lowest BCUT2D eigenvalue weighted by molar-refractivity contribution is 0.00593. The summed E-state index contributed by atoms with van der Waals surface area (Å²) in [5, 5.41) is 0. The van der Waals surface area contributed by atoms with E-state index in [9.17, 15) is 0 Å². The molecule has 16 heavy (non-hydrogen) atoms. The van der Waals surface area contributed by atoms with Crippen molar-refractivity contribution in [2.24, 2.45) is 5.73 Å². The third-order valence-corrected chi connectivity index (χ3v) is 3.72. The molecule has 2 aliphatic rings. The zero-order chi connectivity index (χ0) is 11.2. The maximum Gasteiger partial charge on any atom is 0.0589 e. The summed E-state index contributed by atoms with van der Waals surface area (Å²) in [6.07, 6.45) is 10.4. The molecule has 2 saturated heterocycles. The average Bonchev–Trinajstić information content (AvgIpc) is 2.81. The van der Waals surface area contributed by atoms with Gasteiger partial charge in [-0.05, 0) is 51.4 Å². The molecule has 3 atom stereocenters. The first-order valence-electron chi connectivity index (χ1n) is 6.83. The van der Waals surface area contributed by atoms with Crippen LogP contribution in [0.4, 0.5) is 0 Å². The lowest BCUT2D eigenvalue weighted by Crippen LogP contribution is -2.30. The van der Waals surface area contributed by atoms with E-state index >= 15 is 0 Å². The molecule has 0 aromatic heterocycles. The predicted octanol–water partition coefficient (Wildman–Crippen LogP) is 2.23. The Morgan fingerprint density at radius 1 is 1.00 bits per heavy atom. The minimum absolute atomic E-state index is 0.298. The molecule has 0 bridgehead atoms. The first-order chi connectivity index (χ1) is 7.84. The van der Waals surface area contributed by atoms with Crippen LogP contribution in [-0.4, -0.2) is 31.5 Å². The first kappa shape index (κ1) is 12.3. The second-order valence-electron chi connectivity index (χ2n) is 5.20. The zero-order valence-electron chi connectivity index (χ0n) is 10.2. The van der Waals surface area contributed by atoms with Crippen molar-refractivity contribution in [2.45, 2.75) is 69.6 Å². The quantitative estimate of drug-likeness (QED) is 0.783. The second kappa shape index (κ2) is 6.58. The fraction of sp³-hybridized carbons (Fsp3) is 1.00. The average molecular weight is 227 g/mol. The van der Waals surface area contributed by atoms with Gasteiger partial charge in [0.15, 0.2) is 0 Å². The Labute approximate surface area is 98.7 Å². The van der Waals surface area contributed by atoms with Crippen LogP contribution >= 0.6 is 0 Å². The van der Waals surface area contributed by atoms with E-state index in [0.717, 1.165) is 32.5 Å². The Morgan fingerprint density at radius 2 is 1.75 bits per heavy atom. The van der Waals surface area contributed by atoms with Crippen LogP contribution in [0.2, 0.25) is 0 Å². The molecular weight excluding hydrogens is 202 g/mol. The van der Waals surface area contributed by atoms with Crippen molar-refractivity contribution >= 4 is 0 Å². The summed E-state index contributed by atoms with van der Waals surface area (Å²) in [4.78, 5) is 0. The summed E-state index contributed by atoms with van der Waals surface area (Å²) in [6.45, 7) is 1.88. The van der Waals surface area contributed by atoms with Crippen LogP contribution in [0, 0.1) is 0 Å². The maximum atomic E-state index is 6.15. The molecule has 0 saturated carbocycles. The molecule has 2 N–H and O–H groups in total. The van der Waals surface area contributed by atoms with E-state index in [4.69, 9.17) is 15.2 Å². The molecule has 3 unspecified atom stereocenters. The van der Waals surface area contributed by atoms with Crippen molar-refractivity contribution < 1.29 is 9.47 Å². The van der Waals surface area contributed by atoms with E-state index in [2.05, 4.69) is 0 Å². The van der Waals surface area contributed by atoms with Gasteiger partial charge in [0.2, 0.25) is 0 Å². The van der Waals surface area contributed by atoms with Gasteiger partial charge in [-0.2, -0.15) is 0 Å². The lowest BCUT2D eigenvalue weighted by atomic mass is 9.98. The van der Waals surface area contributed by atoms with Crippen LogP contribution in [-0.2, 0) is 9.47 Å². The minimum atomic E-state index is 0.298. The van der Waals surface area contributed by atoms with Crippen LogP contribution in [0.15, 0.2) is 0 Å². The highest BCUT2D eigenvalue weighted by Gasteiger charge is 2.20. The van der Waals surface area contributed by atoms with Gasteiger partial charge in [-0.3, -0.25) is 0 Å². The fourth-order valence-corrected chi connectivity index (χ4v) is 2.72. The van der Waals surface area contributed by atoms with E-state index in [1.807, 2.05) is 0 Å². The second-order valence-corrected chi connectivity index (χ2v) is 5.20. The third kappa shape index (κ3) is 4.04. The van der Waals surface area contributed by atoms with Gasteiger partial charge >= 0.3 is 0 Å². The van der Waals surface area contributed by atoms with Gasteiger partial charge in [-0.25, -0.2) is 0 Å². The SMILES string of the molecule is NC(CCC1CCCO1)CC1CCCCO1. The highest BCUT2D eigenvalue weighted by atomic mass is 16.5. The molecule has 0 aromatic carbocycles. The van der Waals surface area contributed by atoms with Gasteiger partial charge in [0.05, 0.1) is 12.2 Å². The molecule has 2 rings (SSSR count). The highest BCUT2D eigenvalue weighted by molar-refractivity contribution is 4.74. The van der Waals surface area contributed by atoms with Crippen LogP contribution in [0.1, 0.15) is 51.4 Å². The Morgan fingerprint density at radius 3 is 2.44 bits per heavy atom. The Hall–Kier alpha value is -0.120. The number of hydrogen-bond acceptors (Lipinski definition) is 3. The number of rotatable bonds is 5. The lowest BCUT2D eigenvalue weighted by Gasteiger charge is -2.25. The molecular formula is C13H25NO2. The molecule has 3 heteroatoms. The van der Waals surface area contributed by atoms with Crippen molar-refractivity contribution in [3.8, 4) is 0 Å². The summed E-state index contributed by atoms with van der Waals surface area (Å²) in [7, 11) is 0. The Bertz CT molecular complexity index is 186. The van der Waals surface area contributed by atoms with Gasteiger partial charge in [0.1, 0.15) is 0 Å². The Kier molecular flexibility index (Phi) is 5.07. The smallest absolute Gasteiger partial charge is 0.0589 e. The van der Waals surface area contributed by atoms with Gasteiger partial charge in [-0.15, -0.1) is 0 Å². The van der Waals surface area contributed by atoms with E-state index in [1.54, 1.807) is 0 Å². The normalized spacial score (nSPS) is 32.8. The molecule has 0 spiro atoms. The largest absolute Gasteiger partial charge is 0.378 e. The summed E-state index contributed by atoms with van der Waals surface area (Å²) in [6, 6.07) is 0.298. The predicted molar refractivity (Wildman–Crippen MR) is 64.4 cm³/mol. The van der Waals surface area contributed by atoms with Crippen LogP contribution < -0.4 is 5.73 Å². The summed E-state index contributed by atoms with van der Waals surface area (Å²) < 4.78 is 11.3. The molecule has 0 radical (unpaired) electrons. The monoisotopic (exact) mass is 227 g/mol. The maximum absolute atomic E-state index is 6.15. The molecule has 3 nitrogen and oxygen atoms in total. The van der Waals surface area contributed by atoms with Gasteiger partial charge in [0.25, 0.3) is 0 Å². The van der Waals surface area contributed by atoms with Gasteiger partial charge in [-0.1, -0.05) is 0 Å². The van der Waals surface area contributed by atoms with Crippen LogP contribution in [0.3, 0.4) is 0 Å². The first-order valence-corrected chi connectivity index (χ1v) is 6.83. The van der Waals surface area contributed by atoms with Crippen molar-refractivity contribution in [1.29, 1.82) is 0 Å². The fourth-order valence-electron chi connectivity index (χ4n) is 2.72. The van der Waals surface area contributed by atoms with Crippen molar-refractivity contribution in [3.05, 3.63) is 0 Å². The van der Waals surface area contributed by atoms with Gasteiger partial charge in [0, 0.05) is 19.3 Å². The molecule has 2 fully saturated rings. The molecule has 0 aromatic rings. The third-order valence-electron chi connectivity index (χ3n) is 3.72. The minimum Gasteiger partial charge on any atom is -0.378 e. The summed E-state index contributed by atoms with van der Waals surface area (Å²) >= 11 is 0. The summed E-state index contributed by atoms with van der Waals surface area (Å²) in [5.74, 6) is 0. The van der Waals surface area contributed by atoms with Crippen LogP contribution in [0.5, 0.6) is 0 Å². The van der Waals surface area contributed by atoms with Gasteiger partial charge < -0.3 is 15.2 Å². The number of ether oxygens (including phenoxy) is 2. The summed E-state index contributed by atoms with van der Waals surface area (Å²) in [5.41, 5.74) is 6.15. The zero-order valence-corrected chi connectivity index (χ0v) is 10.2. The topological polar surface area (TPSA) is 44.5 Å². The van der Waals surface area contributed by atoms with Crippen molar-refractivity contribution in [2.75, 3.05) is 13.2 Å². The molecule has 94 valence electrons. The molecule has 2 aliphatic heterocycles. The molecule has 2 heterocycles. The van der Waals surface area contributed by atoms with Crippen LogP contribution in [0.25, 0.3) is 0 Å². The van der Waals surface area contributed by atoms with E-state index in [-0.39, 0.29) is 0 Å². The number of nitrogens with two attached hydrogens (primary N) is 1. The van der Waals surface area contributed by atoms with E-state index in [1.165, 1.54) is 32.1 Å². The van der Waals surface area contributed by atoms with E-state index < -0.39 is 0 Å². The van der Waals surface area contributed by atoms with Crippen molar-refractivity contribution in [3.63, 3.8) is 0 Å². The van der Waals surface area contributed by atoms with E-state index in [0.29, 0.717) is 18.2 Å². The number of hydrogen-bond donors (Lipinski definition) is 1.